The van der Waals surface area contributed by atoms with Gasteiger partial charge in [-0.1, -0.05) is 0 Å². The summed E-state index contributed by atoms with van der Waals surface area (Å²) in [4.78, 5) is 25.2. The highest BCUT2D eigenvalue weighted by Gasteiger charge is 2.51. The number of hydrogen-bond acceptors (Lipinski definition) is 5. The molecule has 4 heterocycles. The van der Waals surface area contributed by atoms with Crippen molar-refractivity contribution in [1.29, 1.82) is 0 Å². The number of allylic oxidation sites excluding steroid dienone is 1. The number of amides is 1. The summed E-state index contributed by atoms with van der Waals surface area (Å²) >= 11 is 1.33. The molecule has 2 aromatic rings. The monoisotopic (exact) mass is 370 g/mol. The second kappa shape index (κ2) is 6.41. The van der Waals surface area contributed by atoms with E-state index in [1.807, 2.05) is 36.0 Å². The number of hydrogen-bond donors (Lipinski definition) is 2. The Morgan fingerprint density at radius 2 is 2.19 bits per heavy atom. The number of nitrogens with zero attached hydrogens (tertiary/aromatic N) is 4. The maximum absolute atomic E-state index is 12.6. The highest BCUT2D eigenvalue weighted by molar-refractivity contribution is 8.03. The molecule has 1 atom stereocenters. The van der Waals surface area contributed by atoms with Gasteiger partial charge >= 0.3 is 5.97 Å². The van der Waals surface area contributed by atoms with Gasteiger partial charge in [0.1, 0.15) is 16.8 Å². The van der Waals surface area contributed by atoms with Gasteiger partial charge < -0.3 is 5.11 Å². The zero-order valence-corrected chi connectivity index (χ0v) is 14.7. The summed E-state index contributed by atoms with van der Waals surface area (Å²) in [5.41, 5.74) is 3.22. The van der Waals surface area contributed by atoms with Crippen molar-refractivity contribution in [3.8, 4) is 0 Å². The molecule has 26 heavy (non-hydrogen) atoms. The maximum Gasteiger partial charge on any atom is 0.353 e. The minimum Gasteiger partial charge on any atom is -0.477 e. The molecule has 2 aromatic heterocycles. The molecule has 0 radical (unpaired) electrons. The average Bonchev–Trinajstić information content (AvgIpc) is 3.27. The third-order valence-corrected chi connectivity index (χ3v) is 5.51. The third kappa shape index (κ3) is 2.70. The molecule has 0 aliphatic carbocycles. The van der Waals surface area contributed by atoms with Crippen molar-refractivity contribution < 1.29 is 19.3 Å². The number of pyridine rings is 1. The van der Waals surface area contributed by atoms with E-state index in [0.29, 0.717) is 24.2 Å². The summed E-state index contributed by atoms with van der Waals surface area (Å²) < 4.78 is 2.04. The molecule has 132 valence electrons. The van der Waals surface area contributed by atoms with Crippen LogP contribution in [0, 0.1) is 6.92 Å². The van der Waals surface area contributed by atoms with Gasteiger partial charge in [-0.2, -0.15) is 15.4 Å². The van der Waals surface area contributed by atoms with Gasteiger partial charge in [0.15, 0.2) is 18.9 Å². The number of β-lactam (4-membered cyclic amide) rings is 1. The number of rotatable bonds is 5. The molecule has 1 amide bonds. The predicted molar refractivity (Wildman–Crippen MR) is 93.2 cm³/mol. The first kappa shape index (κ1) is 16.5. The number of aromatic nitrogens is 4. The zero-order valence-electron chi connectivity index (χ0n) is 13.9. The lowest BCUT2D eigenvalue weighted by molar-refractivity contribution is -0.695. The average molecular weight is 370 g/mol. The molecule has 9 heteroatoms. The predicted octanol–water partition coefficient (Wildman–Crippen LogP) is 1.09. The van der Waals surface area contributed by atoms with Crippen molar-refractivity contribution in [2.45, 2.75) is 25.3 Å². The number of nitrogens with one attached hydrogen (secondary N) is 1. The molecule has 1 fully saturated rings. The first-order valence-corrected chi connectivity index (χ1v) is 8.98. The number of carboxylic acids is 1. The van der Waals surface area contributed by atoms with E-state index in [0.717, 1.165) is 5.57 Å². The number of H-pyrrole nitrogens is 1. The quantitative estimate of drug-likeness (QED) is 0.464. The molecule has 2 aliphatic heterocycles. The molecule has 4 rings (SSSR count). The van der Waals surface area contributed by atoms with Crippen molar-refractivity contribution in [3.63, 3.8) is 0 Å². The maximum atomic E-state index is 12.6. The third-order valence-electron chi connectivity index (χ3n) is 4.45. The lowest BCUT2D eigenvalue weighted by Gasteiger charge is -2.38. The normalized spacial score (nSPS) is 20.5. The molecule has 8 nitrogen and oxygen atoms in total. The Bertz CT molecular complexity index is 934. The minimum absolute atomic E-state index is 0.0289. The molecule has 0 bridgehead atoms. The van der Waals surface area contributed by atoms with Crippen LogP contribution in [0.5, 0.6) is 0 Å². The number of aromatic amines is 1. The Morgan fingerprint density at radius 3 is 2.85 bits per heavy atom. The van der Waals surface area contributed by atoms with Crippen LogP contribution in [0.2, 0.25) is 0 Å². The number of fused-ring (bicyclic) bond motifs is 1. The van der Waals surface area contributed by atoms with E-state index in [1.165, 1.54) is 27.6 Å². The molecular formula is C17H16N5O3S+. The van der Waals surface area contributed by atoms with Crippen LogP contribution in [0.25, 0.3) is 5.57 Å². The first-order chi connectivity index (χ1) is 12.6. The van der Waals surface area contributed by atoms with Crippen molar-refractivity contribution in [3.05, 3.63) is 58.7 Å². The Kier molecular flexibility index (Phi) is 4.08. The lowest BCUT2D eigenvalue weighted by atomic mass is 9.94. The standard InChI is InChI=1S/C17H15N5O3S/c1-10-2-5-21(6-3-10)7-4-11(12-8-18-20-19-12)14-15(23)22-13(17(24)25)9-26-16(14)22/h2-3,5-6,8-9,16H,4,7H2,1H3,(H-,18,19,20,23,24,25)/p+1/t16-/m1/s1. The number of carbonyl (C=O) groups excluding carboxylic acids is 1. The van der Waals surface area contributed by atoms with E-state index in [9.17, 15) is 14.7 Å². The topological polar surface area (TPSA) is 103 Å². The summed E-state index contributed by atoms with van der Waals surface area (Å²) in [5, 5.41) is 21.0. The van der Waals surface area contributed by atoms with Gasteiger partial charge in [0, 0.05) is 24.0 Å². The van der Waals surface area contributed by atoms with Gasteiger partial charge in [-0.15, -0.1) is 11.8 Å². The second-order valence-corrected chi connectivity index (χ2v) is 7.04. The molecular weight excluding hydrogens is 354 g/mol. The Hall–Kier alpha value is -2.94. The molecule has 1 saturated heterocycles. The van der Waals surface area contributed by atoms with Gasteiger partial charge in [-0.05, 0) is 18.1 Å². The van der Waals surface area contributed by atoms with E-state index < -0.39 is 5.97 Å². The fourth-order valence-corrected chi connectivity index (χ4v) is 4.24. The Labute approximate surface area is 153 Å². The van der Waals surface area contributed by atoms with Gasteiger partial charge in [0.25, 0.3) is 5.91 Å². The van der Waals surface area contributed by atoms with Crippen molar-refractivity contribution in [1.82, 2.24) is 20.3 Å². The highest BCUT2D eigenvalue weighted by atomic mass is 32.2. The van der Waals surface area contributed by atoms with Crippen LogP contribution in [0.1, 0.15) is 17.7 Å². The van der Waals surface area contributed by atoms with Crippen LogP contribution < -0.4 is 4.57 Å². The van der Waals surface area contributed by atoms with Crippen molar-refractivity contribution in [2.24, 2.45) is 0 Å². The molecule has 0 saturated carbocycles. The highest BCUT2D eigenvalue weighted by Crippen LogP contribution is 2.47. The van der Waals surface area contributed by atoms with E-state index >= 15 is 0 Å². The van der Waals surface area contributed by atoms with E-state index in [4.69, 9.17) is 0 Å². The largest absolute Gasteiger partial charge is 0.477 e. The van der Waals surface area contributed by atoms with Crippen molar-refractivity contribution in [2.75, 3.05) is 0 Å². The van der Waals surface area contributed by atoms with E-state index in [2.05, 4.69) is 15.4 Å². The van der Waals surface area contributed by atoms with Crippen LogP contribution in [-0.4, -0.2) is 42.7 Å². The molecule has 2 N–H and O–H groups in total. The fraction of sp³-hybridized carbons (Fsp3) is 0.235. The number of carbonyl (C=O) groups is 2. The molecule has 0 aromatic carbocycles. The van der Waals surface area contributed by atoms with Crippen molar-refractivity contribution >= 4 is 29.2 Å². The van der Waals surface area contributed by atoms with Crippen LogP contribution in [-0.2, 0) is 16.1 Å². The van der Waals surface area contributed by atoms with Crippen LogP contribution in [0.15, 0.2) is 47.4 Å². The summed E-state index contributed by atoms with van der Waals surface area (Å²) in [6, 6.07) is 4.05. The molecule has 0 spiro atoms. The SMILES string of the molecule is Cc1cc[n+](CC/C(=C2\C(=O)N3C(C(=O)O)=CS[C@H]23)c2cn[nH]n2)cc1. The lowest BCUT2D eigenvalue weighted by Crippen LogP contribution is -2.52. The Morgan fingerprint density at radius 1 is 1.42 bits per heavy atom. The Balaban J connectivity index is 1.63. The van der Waals surface area contributed by atoms with Gasteiger partial charge in [-0.3, -0.25) is 9.69 Å². The fourth-order valence-electron chi connectivity index (χ4n) is 3.06. The van der Waals surface area contributed by atoms with Crippen LogP contribution in [0.3, 0.4) is 0 Å². The van der Waals surface area contributed by atoms with E-state index in [1.54, 1.807) is 6.20 Å². The minimum atomic E-state index is -1.09. The van der Waals surface area contributed by atoms with Crippen LogP contribution >= 0.6 is 11.8 Å². The number of carboxylic acid groups (broad SMARTS) is 1. The van der Waals surface area contributed by atoms with Gasteiger partial charge in [0.2, 0.25) is 0 Å². The number of aliphatic carboxylic acids is 1. The van der Waals surface area contributed by atoms with E-state index in [-0.39, 0.29) is 17.0 Å². The molecule has 2 aliphatic rings. The number of thioether (sulfide) groups is 1. The zero-order chi connectivity index (χ0) is 18.3. The molecule has 0 unspecified atom stereocenters. The van der Waals surface area contributed by atoms with Gasteiger partial charge in [-0.25, -0.2) is 9.36 Å². The summed E-state index contributed by atoms with van der Waals surface area (Å²) in [5.74, 6) is -1.37. The first-order valence-electron chi connectivity index (χ1n) is 8.03. The van der Waals surface area contributed by atoms with Gasteiger partial charge in [0.05, 0.1) is 11.8 Å². The van der Waals surface area contributed by atoms with Crippen LogP contribution in [0.4, 0.5) is 0 Å². The number of aryl methyl sites for hydroxylation is 2. The second-order valence-electron chi connectivity index (χ2n) is 6.08. The summed E-state index contributed by atoms with van der Waals surface area (Å²) in [7, 11) is 0. The smallest absolute Gasteiger partial charge is 0.353 e. The summed E-state index contributed by atoms with van der Waals surface area (Å²) in [6.07, 6.45) is 6.16. The summed E-state index contributed by atoms with van der Waals surface area (Å²) in [6.45, 7) is 2.70.